The molecule has 92 valence electrons. The van der Waals surface area contributed by atoms with Crippen LogP contribution in [0.1, 0.15) is 21.6 Å². The fraction of sp³-hybridized carbons (Fsp3) is 0.143. The van der Waals surface area contributed by atoms with Crippen LogP contribution < -0.4 is 5.73 Å². The lowest BCUT2D eigenvalue weighted by molar-refractivity contribution is 0.0469. The Labute approximate surface area is 105 Å². The molecule has 0 aliphatic carbocycles. The average molecular weight is 242 g/mol. The highest BCUT2D eigenvalue weighted by Crippen LogP contribution is 2.15. The van der Waals surface area contributed by atoms with Gasteiger partial charge in [-0.15, -0.1) is 0 Å². The SMILES string of the molecule is Cc1ccc(N)c(C(=O)OCc2ccccn2)c1. The van der Waals surface area contributed by atoms with Gasteiger partial charge in [0.1, 0.15) is 6.61 Å². The Kier molecular flexibility index (Phi) is 3.57. The first-order valence-corrected chi connectivity index (χ1v) is 5.60. The van der Waals surface area contributed by atoms with E-state index in [0.717, 1.165) is 5.56 Å². The van der Waals surface area contributed by atoms with Crippen molar-refractivity contribution in [2.45, 2.75) is 13.5 Å². The number of carbonyl (C=O) groups is 1. The summed E-state index contributed by atoms with van der Waals surface area (Å²) < 4.78 is 5.17. The molecule has 0 atom stereocenters. The van der Waals surface area contributed by atoms with Crippen LogP contribution in [-0.2, 0) is 11.3 Å². The average Bonchev–Trinajstić information content (AvgIpc) is 2.40. The number of carbonyl (C=O) groups excluding carboxylic acids is 1. The molecule has 4 heteroatoms. The van der Waals surface area contributed by atoms with Crippen molar-refractivity contribution in [3.05, 3.63) is 59.4 Å². The van der Waals surface area contributed by atoms with E-state index in [2.05, 4.69) is 4.98 Å². The molecule has 1 aromatic carbocycles. The molecule has 0 spiro atoms. The second kappa shape index (κ2) is 5.31. The third kappa shape index (κ3) is 2.85. The maximum Gasteiger partial charge on any atom is 0.340 e. The number of ether oxygens (including phenoxy) is 1. The molecule has 0 bridgehead atoms. The lowest BCUT2D eigenvalue weighted by Crippen LogP contribution is -2.09. The summed E-state index contributed by atoms with van der Waals surface area (Å²) in [6.45, 7) is 2.04. The minimum absolute atomic E-state index is 0.146. The van der Waals surface area contributed by atoms with Gasteiger partial charge in [0.25, 0.3) is 0 Å². The van der Waals surface area contributed by atoms with Gasteiger partial charge in [0.15, 0.2) is 0 Å². The summed E-state index contributed by atoms with van der Waals surface area (Å²) in [5.74, 6) is -0.429. The highest BCUT2D eigenvalue weighted by Gasteiger charge is 2.11. The van der Waals surface area contributed by atoms with Gasteiger partial charge in [-0.1, -0.05) is 17.7 Å². The number of hydrogen-bond acceptors (Lipinski definition) is 4. The first-order valence-electron chi connectivity index (χ1n) is 5.60. The Morgan fingerprint density at radius 2 is 2.17 bits per heavy atom. The van der Waals surface area contributed by atoms with Gasteiger partial charge in [0, 0.05) is 11.9 Å². The Hall–Kier alpha value is -2.36. The largest absolute Gasteiger partial charge is 0.456 e. The number of hydrogen-bond donors (Lipinski definition) is 1. The number of aromatic nitrogens is 1. The number of benzene rings is 1. The number of rotatable bonds is 3. The molecule has 1 heterocycles. The van der Waals surface area contributed by atoms with Crippen molar-refractivity contribution in [1.82, 2.24) is 4.98 Å². The zero-order valence-electron chi connectivity index (χ0n) is 10.1. The highest BCUT2D eigenvalue weighted by atomic mass is 16.5. The van der Waals surface area contributed by atoms with Crippen LogP contribution >= 0.6 is 0 Å². The Bertz CT molecular complexity index is 553. The van der Waals surface area contributed by atoms with Gasteiger partial charge >= 0.3 is 5.97 Å². The van der Waals surface area contributed by atoms with Crippen molar-refractivity contribution in [3.8, 4) is 0 Å². The van der Waals surface area contributed by atoms with Gasteiger partial charge in [0.2, 0.25) is 0 Å². The van der Waals surface area contributed by atoms with Crippen molar-refractivity contribution >= 4 is 11.7 Å². The van der Waals surface area contributed by atoms with Crippen LogP contribution in [0.3, 0.4) is 0 Å². The molecule has 2 aromatic rings. The predicted octanol–water partition coefficient (Wildman–Crippen LogP) is 2.33. The second-order valence-electron chi connectivity index (χ2n) is 3.99. The Morgan fingerprint density at radius 1 is 1.33 bits per heavy atom. The summed E-state index contributed by atoms with van der Waals surface area (Å²) in [7, 11) is 0. The molecule has 0 amide bonds. The predicted molar refractivity (Wildman–Crippen MR) is 68.9 cm³/mol. The molecule has 0 radical (unpaired) electrons. The summed E-state index contributed by atoms with van der Waals surface area (Å²) in [5.41, 5.74) is 8.23. The number of esters is 1. The molecular formula is C14H14N2O2. The van der Waals surface area contributed by atoms with Crippen LogP contribution in [-0.4, -0.2) is 11.0 Å². The minimum Gasteiger partial charge on any atom is -0.456 e. The van der Waals surface area contributed by atoms with E-state index in [0.29, 0.717) is 16.9 Å². The lowest BCUT2D eigenvalue weighted by atomic mass is 10.1. The molecule has 0 unspecified atom stereocenters. The third-order valence-electron chi connectivity index (χ3n) is 2.51. The zero-order valence-corrected chi connectivity index (χ0v) is 10.1. The molecular weight excluding hydrogens is 228 g/mol. The summed E-state index contributed by atoms with van der Waals surface area (Å²) >= 11 is 0. The minimum atomic E-state index is -0.429. The lowest BCUT2D eigenvalue weighted by Gasteiger charge is -2.07. The molecule has 4 nitrogen and oxygen atoms in total. The van der Waals surface area contributed by atoms with E-state index >= 15 is 0 Å². The first-order chi connectivity index (χ1) is 8.66. The summed E-state index contributed by atoms with van der Waals surface area (Å²) in [6, 6.07) is 10.7. The number of aryl methyl sites for hydroxylation is 1. The molecule has 0 aliphatic heterocycles. The normalized spacial score (nSPS) is 10.1. The molecule has 2 rings (SSSR count). The maximum absolute atomic E-state index is 11.9. The van der Waals surface area contributed by atoms with Crippen LogP contribution in [0.5, 0.6) is 0 Å². The third-order valence-corrected chi connectivity index (χ3v) is 2.51. The van der Waals surface area contributed by atoms with E-state index < -0.39 is 5.97 Å². The maximum atomic E-state index is 11.9. The summed E-state index contributed by atoms with van der Waals surface area (Å²) in [5, 5.41) is 0. The van der Waals surface area contributed by atoms with Crippen LogP contribution in [0.2, 0.25) is 0 Å². The van der Waals surface area contributed by atoms with Crippen LogP contribution in [0, 0.1) is 6.92 Å². The van der Waals surface area contributed by atoms with Crippen molar-refractivity contribution in [1.29, 1.82) is 0 Å². The van der Waals surface area contributed by atoms with Gasteiger partial charge < -0.3 is 10.5 Å². The highest BCUT2D eigenvalue weighted by molar-refractivity contribution is 5.95. The van der Waals surface area contributed by atoms with Crippen molar-refractivity contribution in [2.75, 3.05) is 5.73 Å². The van der Waals surface area contributed by atoms with Gasteiger partial charge in [-0.2, -0.15) is 0 Å². The standard InChI is InChI=1S/C14H14N2O2/c1-10-5-6-13(15)12(8-10)14(17)18-9-11-4-2-3-7-16-11/h2-8H,9,15H2,1H3. The van der Waals surface area contributed by atoms with E-state index in [1.807, 2.05) is 25.1 Å². The molecule has 0 fully saturated rings. The van der Waals surface area contributed by atoms with Crippen LogP contribution in [0.4, 0.5) is 5.69 Å². The molecule has 0 saturated carbocycles. The molecule has 1 aromatic heterocycles. The number of nitrogens with two attached hydrogens (primary N) is 1. The van der Waals surface area contributed by atoms with Gasteiger partial charge in [-0.3, -0.25) is 4.98 Å². The topological polar surface area (TPSA) is 65.2 Å². The number of pyridine rings is 1. The summed E-state index contributed by atoms with van der Waals surface area (Å²) in [6.07, 6.45) is 1.66. The van der Waals surface area contributed by atoms with E-state index in [-0.39, 0.29) is 6.61 Å². The molecule has 2 N–H and O–H groups in total. The van der Waals surface area contributed by atoms with Crippen molar-refractivity contribution < 1.29 is 9.53 Å². The monoisotopic (exact) mass is 242 g/mol. The van der Waals surface area contributed by atoms with Gasteiger partial charge in [-0.05, 0) is 31.2 Å². The first kappa shape index (κ1) is 12.1. The number of nitrogens with zero attached hydrogens (tertiary/aromatic N) is 1. The fourth-order valence-corrected chi connectivity index (χ4v) is 1.55. The fourth-order valence-electron chi connectivity index (χ4n) is 1.55. The smallest absolute Gasteiger partial charge is 0.340 e. The second-order valence-corrected chi connectivity index (χ2v) is 3.99. The molecule has 0 aliphatic rings. The van der Waals surface area contributed by atoms with Crippen molar-refractivity contribution in [2.24, 2.45) is 0 Å². The van der Waals surface area contributed by atoms with Gasteiger partial charge in [-0.25, -0.2) is 4.79 Å². The number of nitrogen functional groups attached to an aromatic ring is 1. The Morgan fingerprint density at radius 3 is 2.89 bits per heavy atom. The van der Waals surface area contributed by atoms with E-state index in [4.69, 9.17) is 10.5 Å². The zero-order chi connectivity index (χ0) is 13.0. The quantitative estimate of drug-likeness (QED) is 0.662. The van der Waals surface area contributed by atoms with Crippen LogP contribution in [0.15, 0.2) is 42.6 Å². The van der Waals surface area contributed by atoms with E-state index in [1.165, 1.54) is 0 Å². The van der Waals surface area contributed by atoms with Crippen molar-refractivity contribution in [3.63, 3.8) is 0 Å². The van der Waals surface area contributed by atoms with E-state index in [1.54, 1.807) is 24.4 Å². The number of anilines is 1. The van der Waals surface area contributed by atoms with Gasteiger partial charge in [0.05, 0.1) is 11.3 Å². The van der Waals surface area contributed by atoms with Crippen LogP contribution in [0.25, 0.3) is 0 Å². The molecule has 0 saturated heterocycles. The molecule has 18 heavy (non-hydrogen) atoms. The Balaban J connectivity index is 2.06. The van der Waals surface area contributed by atoms with E-state index in [9.17, 15) is 4.79 Å². The summed E-state index contributed by atoms with van der Waals surface area (Å²) in [4.78, 5) is 15.9.